The number of rotatable bonds is 4. The fourth-order valence-electron chi connectivity index (χ4n) is 2.14. The third-order valence-corrected chi connectivity index (χ3v) is 3.04. The molecule has 0 spiro atoms. The van der Waals surface area contributed by atoms with Crippen LogP contribution in [0.5, 0.6) is 0 Å². The Morgan fingerprint density at radius 1 is 1.22 bits per heavy atom. The van der Waals surface area contributed by atoms with Crippen LogP contribution in [0.2, 0.25) is 0 Å². The molecule has 0 amide bonds. The third-order valence-electron chi connectivity index (χ3n) is 3.04. The lowest BCUT2D eigenvalue weighted by Crippen LogP contribution is -2.39. The van der Waals surface area contributed by atoms with Gasteiger partial charge in [0.05, 0.1) is 0 Å². The second kappa shape index (κ2) is 5.27. The smallest absolute Gasteiger partial charge is 0.255 e. The highest BCUT2D eigenvalue weighted by Gasteiger charge is 2.21. The molecule has 0 saturated heterocycles. The highest BCUT2D eigenvalue weighted by Crippen LogP contribution is 2.18. The van der Waals surface area contributed by atoms with Crippen LogP contribution in [-0.2, 0) is 12.1 Å². The molecular formula is C15H26N2O. The van der Waals surface area contributed by atoms with Crippen molar-refractivity contribution in [2.45, 2.75) is 59.5 Å². The van der Waals surface area contributed by atoms with Crippen LogP contribution in [0, 0.1) is 5.92 Å². The standard InChI is InChI=1S/C15H26N2O/c1-10(2)9-17-13(11(3)4)8-7-12(14(17)18)15(5,6)16/h7-8,10-11H,9,16H2,1-6H3. The average Bonchev–Trinajstić information content (AvgIpc) is 2.17. The molecule has 102 valence electrons. The minimum atomic E-state index is -0.592. The molecule has 0 aliphatic rings. The maximum absolute atomic E-state index is 12.6. The minimum absolute atomic E-state index is 0.0578. The van der Waals surface area contributed by atoms with E-state index >= 15 is 0 Å². The van der Waals surface area contributed by atoms with Crippen LogP contribution in [0.4, 0.5) is 0 Å². The molecule has 0 saturated carbocycles. The van der Waals surface area contributed by atoms with Crippen molar-refractivity contribution in [3.63, 3.8) is 0 Å². The van der Waals surface area contributed by atoms with Gasteiger partial charge in [0.1, 0.15) is 0 Å². The number of nitrogens with two attached hydrogens (primary N) is 1. The Morgan fingerprint density at radius 3 is 2.17 bits per heavy atom. The molecule has 1 aromatic rings. The molecule has 0 atom stereocenters. The number of hydrogen-bond donors (Lipinski definition) is 1. The van der Waals surface area contributed by atoms with Gasteiger partial charge in [-0.15, -0.1) is 0 Å². The molecule has 3 heteroatoms. The normalized spacial score (nSPS) is 12.5. The van der Waals surface area contributed by atoms with E-state index in [9.17, 15) is 4.79 Å². The van der Waals surface area contributed by atoms with Crippen molar-refractivity contribution in [1.82, 2.24) is 4.57 Å². The maximum atomic E-state index is 12.6. The second-order valence-electron chi connectivity index (χ2n) is 6.36. The molecule has 1 aromatic heterocycles. The zero-order chi connectivity index (χ0) is 14.1. The minimum Gasteiger partial charge on any atom is -0.322 e. The molecular weight excluding hydrogens is 224 g/mol. The summed E-state index contributed by atoms with van der Waals surface area (Å²) in [6, 6.07) is 3.92. The van der Waals surface area contributed by atoms with Gasteiger partial charge in [0.15, 0.2) is 0 Å². The quantitative estimate of drug-likeness (QED) is 0.893. The molecule has 0 aliphatic carbocycles. The van der Waals surface area contributed by atoms with Gasteiger partial charge in [-0.05, 0) is 37.8 Å². The summed E-state index contributed by atoms with van der Waals surface area (Å²) in [6.45, 7) is 13.0. The molecule has 0 fully saturated rings. The van der Waals surface area contributed by atoms with Crippen molar-refractivity contribution in [1.29, 1.82) is 0 Å². The molecule has 3 nitrogen and oxygen atoms in total. The van der Waals surface area contributed by atoms with Crippen LogP contribution in [0.15, 0.2) is 16.9 Å². The summed E-state index contributed by atoms with van der Waals surface area (Å²) < 4.78 is 1.89. The summed E-state index contributed by atoms with van der Waals surface area (Å²) in [5.41, 5.74) is 7.31. The Labute approximate surface area is 110 Å². The highest BCUT2D eigenvalue weighted by molar-refractivity contribution is 5.24. The molecule has 0 aromatic carbocycles. The molecule has 0 aliphatic heterocycles. The van der Waals surface area contributed by atoms with E-state index in [4.69, 9.17) is 5.73 Å². The predicted molar refractivity (Wildman–Crippen MR) is 76.8 cm³/mol. The van der Waals surface area contributed by atoms with Crippen molar-refractivity contribution in [3.05, 3.63) is 33.7 Å². The van der Waals surface area contributed by atoms with E-state index in [1.807, 2.05) is 30.5 Å². The molecule has 0 bridgehead atoms. The largest absolute Gasteiger partial charge is 0.322 e. The Morgan fingerprint density at radius 2 is 1.78 bits per heavy atom. The van der Waals surface area contributed by atoms with Crippen molar-refractivity contribution < 1.29 is 0 Å². The topological polar surface area (TPSA) is 48.0 Å². The Hall–Kier alpha value is -1.09. The Bertz CT molecular complexity index is 464. The van der Waals surface area contributed by atoms with Gasteiger partial charge in [0.25, 0.3) is 5.56 Å². The lowest BCUT2D eigenvalue weighted by Gasteiger charge is -2.23. The van der Waals surface area contributed by atoms with Gasteiger partial charge in [-0.2, -0.15) is 0 Å². The SMILES string of the molecule is CC(C)Cn1c(C(C)C)ccc(C(C)(C)N)c1=O. The van der Waals surface area contributed by atoms with Gasteiger partial charge >= 0.3 is 0 Å². The van der Waals surface area contributed by atoms with Crippen LogP contribution < -0.4 is 11.3 Å². The van der Waals surface area contributed by atoms with E-state index in [0.29, 0.717) is 17.4 Å². The van der Waals surface area contributed by atoms with Crippen LogP contribution in [0.3, 0.4) is 0 Å². The van der Waals surface area contributed by atoms with E-state index in [0.717, 1.165) is 12.2 Å². The molecule has 1 rings (SSSR count). The Kier molecular flexibility index (Phi) is 4.38. The summed E-state index contributed by atoms with van der Waals surface area (Å²) in [6.07, 6.45) is 0. The number of aromatic nitrogens is 1. The summed E-state index contributed by atoms with van der Waals surface area (Å²) in [4.78, 5) is 12.6. The van der Waals surface area contributed by atoms with Crippen LogP contribution >= 0.6 is 0 Å². The first kappa shape index (κ1) is 15.0. The zero-order valence-electron chi connectivity index (χ0n) is 12.4. The fourth-order valence-corrected chi connectivity index (χ4v) is 2.14. The monoisotopic (exact) mass is 250 g/mol. The first-order chi connectivity index (χ1) is 8.14. The highest BCUT2D eigenvalue weighted by atomic mass is 16.1. The molecule has 2 N–H and O–H groups in total. The summed E-state index contributed by atoms with van der Waals surface area (Å²) >= 11 is 0. The van der Waals surface area contributed by atoms with E-state index in [1.54, 1.807) is 0 Å². The molecule has 0 radical (unpaired) electrons. The van der Waals surface area contributed by atoms with Gasteiger partial charge < -0.3 is 10.3 Å². The van der Waals surface area contributed by atoms with E-state index in [2.05, 4.69) is 27.7 Å². The lowest BCUT2D eigenvalue weighted by molar-refractivity contribution is 0.469. The van der Waals surface area contributed by atoms with Gasteiger partial charge in [0.2, 0.25) is 0 Å². The van der Waals surface area contributed by atoms with Crippen molar-refractivity contribution >= 4 is 0 Å². The van der Waals surface area contributed by atoms with Crippen LogP contribution in [0.1, 0.15) is 58.7 Å². The van der Waals surface area contributed by atoms with Crippen LogP contribution in [0.25, 0.3) is 0 Å². The van der Waals surface area contributed by atoms with Crippen molar-refractivity contribution in [2.75, 3.05) is 0 Å². The zero-order valence-corrected chi connectivity index (χ0v) is 12.4. The first-order valence-corrected chi connectivity index (χ1v) is 6.67. The molecule has 18 heavy (non-hydrogen) atoms. The Balaban J connectivity index is 3.45. The average molecular weight is 250 g/mol. The van der Waals surface area contributed by atoms with Gasteiger partial charge in [-0.1, -0.05) is 27.7 Å². The van der Waals surface area contributed by atoms with Gasteiger partial charge in [0, 0.05) is 23.3 Å². The number of hydrogen-bond acceptors (Lipinski definition) is 2. The van der Waals surface area contributed by atoms with Gasteiger partial charge in [-0.3, -0.25) is 4.79 Å². The van der Waals surface area contributed by atoms with E-state index < -0.39 is 5.54 Å². The molecule has 0 unspecified atom stereocenters. The maximum Gasteiger partial charge on any atom is 0.255 e. The van der Waals surface area contributed by atoms with Crippen LogP contribution in [-0.4, -0.2) is 4.57 Å². The van der Waals surface area contributed by atoms with Gasteiger partial charge in [-0.25, -0.2) is 0 Å². The van der Waals surface area contributed by atoms with E-state index in [-0.39, 0.29) is 5.56 Å². The fraction of sp³-hybridized carbons (Fsp3) is 0.667. The van der Waals surface area contributed by atoms with E-state index in [1.165, 1.54) is 0 Å². The van der Waals surface area contributed by atoms with Crippen molar-refractivity contribution in [3.8, 4) is 0 Å². The summed E-state index contributed by atoms with van der Waals surface area (Å²) in [7, 11) is 0. The molecule has 1 heterocycles. The lowest BCUT2D eigenvalue weighted by atomic mass is 9.95. The summed E-state index contributed by atoms with van der Waals surface area (Å²) in [5.74, 6) is 0.780. The summed E-state index contributed by atoms with van der Waals surface area (Å²) in [5, 5.41) is 0. The number of nitrogens with zero attached hydrogens (tertiary/aromatic N) is 1. The van der Waals surface area contributed by atoms with Crippen molar-refractivity contribution in [2.24, 2.45) is 11.7 Å². The third kappa shape index (κ3) is 3.22. The first-order valence-electron chi connectivity index (χ1n) is 6.67. The predicted octanol–water partition coefficient (Wildman–Crippen LogP) is 2.82. The second-order valence-corrected chi connectivity index (χ2v) is 6.36. The number of pyridine rings is 1.